The largest absolute Gasteiger partial charge is 0.495 e. The Labute approximate surface area is 150 Å². The van der Waals surface area contributed by atoms with Gasteiger partial charge in [0.1, 0.15) is 35.2 Å². The first-order valence-electron chi connectivity index (χ1n) is 7.46. The number of anilines is 3. The Morgan fingerprint density at radius 2 is 1.88 bits per heavy atom. The minimum absolute atomic E-state index is 0.466. The van der Waals surface area contributed by atoms with E-state index in [0.717, 1.165) is 5.76 Å². The summed E-state index contributed by atoms with van der Waals surface area (Å²) in [5, 5.41) is 6.82. The van der Waals surface area contributed by atoms with E-state index in [9.17, 15) is 0 Å². The van der Waals surface area contributed by atoms with Crippen molar-refractivity contribution >= 4 is 28.9 Å². The van der Waals surface area contributed by atoms with Crippen LogP contribution in [-0.2, 0) is 6.54 Å². The highest BCUT2D eigenvalue weighted by molar-refractivity contribution is 6.32. The molecule has 3 rings (SSSR count). The van der Waals surface area contributed by atoms with E-state index in [1.807, 2.05) is 12.1 Å². The topological polar surface area (TPSA) is 81.4 Å². The predicted octanol–water partition coefficient (Wildman–Crippen LogP) is 4.10. The number of ether oxygens (including phenoxy) is 2. The van der Waals surface area contributed by atoms with Gasteiger partial charge in [-0.3, -0.25) is 0 Å². The van der Waals surface area contributed by atoms with E-state index in [2.05, 4.69) is 20.6 Å². The maximum absolute atomic E-state index is 6.12. The summed E-state index contributed by atoms with van der Waals surface area (Å²) in [6, 6.07) is 8.94. The molecule has 130 valence electrons. The van der Waals surface area contributed by atoms with Crippen molar-refractivity contribution in [2.45, 2.75) is 6.54 Å². The standard InChI is InChI=1S/C17H17ClN4O3/c1-23-14-7-13(15(24-2)6-12(14)18)22-17-8-16(20-10-21-17)19-9-11-4-3-5-25-11/h3-8,10H,9H2,1-2H3,(H2,19,20,21,22). The first-order chi connectivity index (χ1) is 12.2. The van der Waals surface area contributed by atoms with Crippen LogP contribution < -0.4 is 20.1 Å². The number of hydrogen-bond acceptors (Lipinski definition) is 7. The predicted molar refractivity (Wildman–Crippen MR) is 95.9 cm³/mol. The van der Waals surface area contributed by atoms with Gasteiger partial charge >= 0.3 is 0 Å². The van der Waals surface area contributed by atoms with Crippen molar-refractivity contribution in [1.82, 2.24) is 9.97 Å². The van der Waals surface area contributed by atoms with E-state index in [0.29, 0.717) is 40.4 Å². The van der Waals surface area contributed by atoms with E-state index in [1.165, 1.54) is 6.33 Å². The zero-order valence-corrected chi connectivity index (χ0v) is 14.5. The molecule has 2 aromatic heterocycles. The van der Waals surface area contributed by atoms with Crippen molar-refractivity contribution in [3.63, 3.8) is 0 Å². The fourth-order valence-corrected chi connectivity index (χ4v) is 2.44. The number of aromatic nitrogens is 2. The fraction of sp³-hybridized carbons (Fsp3) is 0.176. The average Bonchev–Trinajstić information content (AvgIpc) is 3.15. The van der Waals surface area contributed by atoms with Crippen LogP contribution in [0.1, 0.15) is 5.76 Å². The summed E-state index contributed by atoms with van der Waals surface area (Å²) in [7, 11) is 3.12. The third-order valence-electron chi connectivity index (χ3n) is 3.43. The van der Waals surface area contributed by atoms with Gasteiger partial charge in [0.25, 0.3) is 0 Å². The number of rotatable bonds is 7. The van der Waals surface area contributed by atoms with Crippen molar-refractivity contribution < 1.29 is 13.9 Å². The molecule has 0 saturated carbocycles. The maximum Gasteiger partial charge on any atom is 0.144 e. The Bertz CT molecular complexity index is 840. The van der Waals surface area contributed by atoms with Crippen LogP contribution in [0.25, 0.3) is 0 Å². The lowest BCUT2D eigenvalue weighted by atomic mass is 10.2. The molecule has 0 unspecified atom stereocenters. The normalized spacial score (nSPS) is 10.4. The molecular weight excluding hydrogens is 344 g/mol. The first-order valence-corrected chi connectivity index (χ1v) is 7.84. The van der Waals surface area contributed by atoms with Gasteiger partial charge in [-0.1, -0.05) is 11.6 Å². The average molecular weight is 361 g/mol. The smallest absolute Gasteiger partial charge is 0.144 e. The molecular formula is C17H17ClN4O3. The van der Waals surface area contributed by atoms with Crippen LogP contribution in [0.2, 0.25) is 5.02 Å². The van der Waals surface area contributed by atoms with E-state index in [-0.39, 0.29) is 0 Å². The summed E-state index contributed by atoms with van der Waals surface area (Å²) in [5.74, 6) is 3.19. The van der Waals surface area contributed by atoms with Gasteiger partial charge in [0, 0.05) is 18.2 Å². The number of benzene rings is 1. The number of hydrogen-bond donors (Lipinski definition) is 2. The van der Waals surface area contributed by atoms with Crippen molar-refractivity contribution in [2.75, 3.05) is 24.9 Å². The van der Waals surface area contributed by atoms with E-state index >= 15 is 0 Å². The molecule has 8 heteroatoms. The SMILES string of the molecule is COc1cc(Nc2cc(NCc3ccco3)ncn2)c(OC)cc1Cl. The zero-order chi connectivity index (χ0) is 17.6. The Balaban J connectivity index is 1.77. The lowest BCUT2D eigenvalue weighted by molar-refractivity contribution is 0.405. The Morgan fingerprint density at radius 1 is 1.08 bits per heavy atom. The molecule has 7 nitrogen and oxygen atoms in total. The molecule has 25 heavy (non-hydrogen) atoms. The number of halogens is 1. The first kappa shape index (κ1) is 16.9. The lowest BCUT2D eigenvalue weighted by Gasteiger charge is -2.14. The van der Waals surface area contributed by atoms with Gasteiger partial charge in [0.2, 0.25) is 0 Å². The van der Waals surface area contributed by atoms with Crippen molar-refractivity contribution in [3.05, 3.63) is 53.7 Å². The highest BCUT2D eigenvalue weighted by Gasteiger charge is 2.11. The molecule has 0 radical (unpaired) electrons. The maximum atomic E-state index is 6.12. The third-order valence-corrected chi connectivity index (χ3v) is 3.72. The van der Waals surface area contributed by atoms with Crippen molar-refractivity contribution in [1.29, 1.82) is 0 Å². The van der Waals surface area contributed by atoms with Gasteiger partial charge in [-0.2, -0.15) is 0 Å². The monoisotopic (exact) mass is 360 g/mol. The quantitative estimate of drug-likeness (QED) is 0.656. The number of nitrogens with zero attached hydrogens (tertiary/aromatic N) is 2. The Morgan fingerprint density at radius 3 is 2.60 bits per heavy atom. The van der Waals surface area contributed by atoms with E-state index in [4.69, 9.17) is 25.5 Å². The van der Waals surface area contributed by atoms with Gasteiger partial charge < -0.3 is 24.5 Å². The van der Waals surface area contributed by atoms with Crippen LogP contribution in [0.4, 0.5) is 17.3 Å². The van der Waals surface area contributed by atoms with Crippen LogP contribution in [-0.4, -0.2) is 24.2 Å². The van der Waals surface area contributed by atoms with Crippen LogP contribution in [0.15, 0.2) is 47.3 Å². The second kappa shape index (κ2) is 7.76. The second-order valence-corrected chi connectivity index (χ2v) is 5.44. The molecule has 2 heterocycles. The van der Waals surface area contributed by atoms with Crippen LogP contribution >= 0.6 is 11.6 Å². The molecule has 0 saturated heterocycles. The van der Waals surface area contributed by atoms with Crippen LogP contribution in [0.5, 0.6) is 11.5 Å². The molecule has 0 aliphatic heterocycles. The van der Waals surface area contributed by atoms with Gasteiger partial charge in [0.15, 0.2) is 0 Å². The Kier molecular flexibility index (Phi) is 5.25. The van der Waals surface area contributed by atoms with Crippen molar-refractivity contribution in [2.24, 2.45) is 0 Å². The van der Waals surface area contributed by atoms with Crippen LogP contribution in [0.3, 0.4) is 0 Å². The number of methoxy groups -OCH3 is 2. The third kappa shape index (κ3) is 4.13. The number of furan rings is 1. The minimum atomic E-state index is 0.466. The van der Waals surface area contributed by atoms with E-state index in [1.54, 1.807) is 38.7 Å². The molecule has 2 N–H and O–H groups in total. The Hall–Kier alpha value is -2.93. The summed E-state index contributed by atoms with van der Waals surface area (Å²) >= 11 is 6.12. The highest BCUT2D eigenvalue weighted by Crippen LogP contribution is 2.37. The molecule has 3 aromatic rings. The van der Waals surface area contributed by atoms with Gasteiger partial charge in [-0.25, -0.2) is 9.97 Å². The van der Waals surface area contributed by atoms with Gasteiger partial charge in [-0.15, -0.1) is 0 Å². The molecule has 0 aliphatic carbocycles. The summed E-state index contributed by atoms with van der Waals surface area (Å²) in [4.78, 5) is 8.41. The molecule has 0 aliphatic rings. The molecule has 0 fully saturated rings. The molecule has 1 aromatic carbocycles. The molecule has 0 bridgehead atoms. The zero-order valence-electron chi connectivity index (χ0n) is 13.7. The van der Waals surface area contributed by atoms with E-state index < -0.39 is 0 Å². The fourth-order valence-electron chi connectivity index (χ4n) is 2.21. The number of nitrogens with one attached hydrogen (secondary N) is 2. The second-order valence-electron chi connectivity index (χ2n) is 5.03. The molecule has 0 spiro atoms. The minimum Gasteiger partial charge on any atom is -0.495 e. The lowest BCUT2D eigenvalue weighted by Crippen LogP contribution is -2.03. The van der Waals surface area contributed by atoms with Gasteiger partial charge in [0.05, 0.1) is 37.7 Å². The summed E-state index contributed by atoms with van der Waals surface area (Å²) in [6.45, 7) is 0.529. The van der Waals surface area contributed by atoms with Crippen molar-refractivity contribution in [3.8, 4) is 11.5 Å². The van der Waals surface area contributed by atoms with Gasteiger partial charge in [-0.05, 0) is 12.1 Å². The summed E-state index contributed by atoms with van der Waals surface area (Å²) < 4.78 is 15.9. The molecule has 0 amide bonds. The summed E-state index contributed by atoms with van der Waals surface area (Å²) in [5.41, 5.74) is 0.680. The highest BCUT2D eigenvalue weighted by atomic mass is 35.5. The summed E-state index contributed by atoms with van der Waals surface area (Å²) in [6.07, 6.45) is 3.09. The molecule has 0 atom stereocenters. The van der Waals surface area contributed by atoms with Crippen LogP contribution in [0, 0.1) is 0 Å².